The van der Waals surface area contributed by atoms with Gasteiger partial charge in [0.1, 0.15) is 29.9 Å². The van der Waals surface area contributed by atoms with Crippen molar-refractivity contribution in [2.75, 3.05) is 104 Å². The molecule has 6 rings (SSSR count). The number of rotatable bonds is 23. The molecule has 2 fully saturated rings. The van der Waals surface area contributed by atoms with Crippen LogP contribution in [0.15, 0.2) is 84.9 Å². The van der Waals surface area contributed by atoms with Crippen LogP contribution in [0.5, 0.6) is 5.75 Å². The second-order valence-corrected chi connectivity index (χ2v) is 23.0. The largest absolute Gasteiger partial charge is 0.507 e. The number of amidine groups is 1. The fourth-order valence-electron chi connectivity index (χ4n) is 10.3. The van der Waals surface area contributed by atoms with Crippen molar-refractivity contribution in [3.8, 4) is 5.75 Å². The fourth-order valence-corrected chi connectivity index (χ4v) is 10.9. The molecule has 13 N–H and O–H groups in total. The Hall–Kier alpha value is -8.32. The van der Waals surface area contributed by atoms with Gasteiger partial charge in [-0.25, -0.2) is 0 Å². The zero-order chi connectivity index (χ0) is 63.9. The molecule has 28 heteroatoms. The van der Waals surface area contributed by atoms with Crippen LogP contribution in [-0.4, -0.2) is 233 Å². The lowest BCUT2D eigenvalue weighted by molar-refractivity contribution is -0.142. The van der Waals surface area contributed by atoms with E-state index in [1.54, 1.807) is 31.7 Å². The first-order valence-corrected chi connectivity index (χ1v) is 30.0. The van der Waals surface area contributed by atoms with Crippen LogP contribution in [0, 0.1) is 8.98 Å². The van der Waals surface area contributed by atoms with Crippen molar-refractivity contribution in [1.29, 1.82) is 5.41 Å². The van der Waals surface area contributed by atoms with Gasteiger partial charge in [0, 0.05) is 96.5 Å². The predicted molar refractivity (Wildman–Crippen MR) is 333 cm³/mol. The number of hydrogen-bond donors (Lipinski definition) is 12. The molecule has 4 aromatic carbocycles. The first kappa shape index (κ1) is 68.8. The van der Waals surface area contributed by atoms with Crippen LogP contribution in [0.25, 0.3) is 10.8 Å². The fraction of sp³-hybridized carbons (Fsp3) is 0.450. The van der Waals surface area contributed by atoms with E-state index >= 15 is 0 Å². The molecule has 88 heavy (non-hydrogen) atoms. The number of nitrogens with one attached hydrogen (secondary N) is 7. The third-order valence-corrected chi connectivity index (χ3v) is 15.9. The van der Waals surface area contributed by atoms with E-state index in [4.69, 9.17) is 11.1 Å². The molecular formula is C60H78IN13O14. The minimum absolute atomic E-state index is 0.000792. The molecule has 0 aliphatic carbocycles. The second-order valence-electron chi connectivity index (χ2n) is 21.9. The van der Waals surface area contributed by atoms with Crippen molar-refractivity contribution in [2.45, 2.75) is 75.5 Å². The Morgan fingerprint density at radius 1 is 0.625 bits per heavy atom. The lowest BCUT2D eigenvalue weighted by Gasteiger charge is -2.32. The maximum Gasteiger partial charge on any atom is 0.317 e. The number of likely N-dealkylation sites (N-methyl/N-ethyl adjacent to an activating group) is 1. The number of nitrogens with zero attached hydrogens (tertiary/aromatic N) is 5. The summed E-state index contributed by atoms with van der Waals surface area (Å²) in [6.07, 6.45) is 0.990. The molecule has 2 heterocycles. The normalized spacial score (nSPS) is 19.5. The first-order valence-electron chi connectivity index (χ1n) is 29.0. The number of anilines is 1. The SMILES string of the molecule is CN1C(=O)[C@@H](Cc2ccc(O)c(I)c2)NC(=O)CNC(=O)[C@H](Cc2ccc3ccccc3c2)NC(=O)[C@H](CCCCC(=N)N)NC(=O)[C@H]1CCCNC(=O)c1ccc(NC(=O)CN2CCN(CC(=O)O)CCN(CC(=O)O)CCN(CC(=O)O)CC2)cc1. The number of aliphatic carboxylic acids is 3. The number of unbranched alkanes of at least 4 members (excludes halogenated alkanes) is 1. The third-order valence-electron chi connectivity index (χ3n) is 15.1. The number of carboxylic acids is 3. The third kappa shape index (κ3) is 22.8. The number of fused-ring (bicyclic) bond motifs is 1. The summed E-state index contributed by atoms with van der Waals surface area (Å²) < 4.78 is 0.477. The molecule has 2 aliphatic heterocycles. The van der Waals surface area contributed by atoms with Crippen LogP contribution < -0.4 is 37.6 Å². The van der Waals surface area contributed by atoms with Gasteiger partial charge in [-0.3, -0.25) is 73.0 Å². The zero-order valence-electron chi connectivity index (χ0n) is 49.0. The van der Waals surface area contributed by atoms with Crippen LogP contribution in [0.2, 0.25) is 0 Å². The maximum atomic E-state index is 14.7. The van der Waals surface area contributed by atoms with Gasteiger partial charge in [0.05, 0.1) is 42.1 Å². The van der Waals surface area contributed by atoms with E-state index in [9.17, 15) is 68.4 Å². The molecule has 4 atom stereocenters. The highest BCUT2D eigenvalue weighted by Gasteiger charge is 2.36. The molecule has 4 aromatic rings. The summed E-state index contributed by atoms with van der Waals surface area (Å²) in [7, 11) is 1.39. The van der Waals surface area contributed by atoms with Gasteiger partial charge in [0.15, 0.2) is 0 Å². The summed E-state index contributed by atoms with van der Waals surface area (Å²) in [5, 5.41) is 65.1. The molecule has 0 radical (unpaired) electrons. The summed E-state index contributed by atoms with van der Waals surface area (Å²) in [5.74, 6) is -7.83. The van der Waals surface area contributed by atoms with Crippen LogP contribution in [0.1, 0.15) is 60.0 Å². The Balaban J connectivity index is 1.16. The number of nitrogens with two attached hydrogens (primary N) is 1. The summed E-state index contributed by atoms with van der Waals surface area (Å²) in [6, 6.07) is 18.9. The van der Waals surface area contributed by atoms with Crippen molar-refractivity contribution >= 4 is 104 Å². The highest BCUT2D eigenvalue weighted by atomic mass is 127. The number of phenolic OH excluding ortho intramolecular Hbond substituents is 1. The molecule has 0 bridgehead atoms. The molecule has 0 saturated carbocycles. The van der Waals surface area contributed by atoms with E-state index in [1.807, 2.05) is 65.1 Å². The standard InChI is InChI=1S/C60H78IN13O14/c1-70-48(10-6-20-64-56(84)41-15-17-43(18-16-41)66-52(77)34-71-21-23-72(35-53(78)79)25-27-74(37-55(82)83)28-26-73(24-22-71)36-54(80)81)59(87)68-45(9-4-5-11-50(62)63)58(86)69-46(31-38-12-14-40-7-2-3-8-42(40)29-38)57(85)65-33-51(76)67-47(60(70)88)32-39-13-19-49(75)44(61)30-39/h2-3,7-8,12-19,29-30,45-48,75H,4-6,9-11,20-28,31-37H2,1H3,(H3,62,63)(H,64,84)(H,65,85)(H,66,77)(H,67,76)(H,68,87)(H,69,86)(H,78,79)(H,80,81)(H,82,83)/t45-,46-,47+,48+/m0/s1. The van der Waals surface area contributed by atoms with Crippen LogP contribution in [-0.2, 0) is 56.0 Å². The van der Waals surface area contributed by atoms with Crippen LogP contribution in [0.3, 0.4) is 0 Å². The van der Waals surface area contributed by atoms with Gasteiger partial charge < -0.3 is 63.0 Å². The van der Waals surface area contributed by atoms with Gasteiger partial charge in [-0.15, -0.1) is 0 Å². The lowest BCUT2D eigenvalue weighted by Crippen LogP contribution is -2.58. The maximum absolute atomic E-state index is 14.7. The molecule has 2 saturated heterocycles. The number of carbonyl (C=O) groups excluding carboxylic acids is 7. The quantitative estimate of drug-likeness (QED) is 0.0208. The van der Waals surface area contributed by atoms with Gasteiger partial charge in [0.25, 0.3) is 5.91 Å². The number of aromatic hydroxyl groups is 1. The Morgan fingerprint density at radius 3 is 1.75 bits per heavy atom. The molecular weight excluding hydrogens is 1250 g/mol. The molecule has 0 spiro atoms. The molecule has 2 aliphatic rings. The van der Waals surface area contributed by atoms with Crippen molar-refractivity contribution in [3.63, 3.8) is 0 Å². The van der Waals surface area contributed by atoms with E-state index in [1.165, 1.54) is 42.3 Å². The summed E-state index contributed by atoms with van der Waals surface area (Å²) >= 11 is 1.93. The summed E-state index contributed by atoms with van der Waals surface area (Å²) in [6.45, 7) is 0.0837. The van der Waals surface area contributed by atoms with Crippen LogP contribution in [0.4, 0.5) is 5.69 Å². The topological polar surface area (TPSA) is 390 Å². The Kier molecular flexibility index (Phi) is 26.8. The number of carboxylic acid groups (broad SMARTS) is 3. The molecule has 27 nitrogen and oxygen atoms in total. The predicted octanol–water partition coefficient (Wildman–Crippen LogP) is 0.467. The molecule has 474 valence electrons. The first-order chi connectivity index (χ1) is 42.0. The van der Waals surface area contributed by atoms with E-state index in [-0.39, 0.29) is 141 Å². The number of hydrogen-bond acceptors (Lipinski definition) is 16. The minimum atomic E-state index is -1.30. The Labute approximate surface area is 522 Å². The van der Waals surface area contributed by atoms with Crippen molar-refractivity contribution in [3.05, 3.63) is 105 Å². The van der Waals surface area contributed by atoms with Gasteiger partial charge in [-0.2, -0.15) is 0 Å². The lowest BCUT2D eigenvalue weighted by atomic mass is 10.00. The molecule has 0 unspecified atom stereocenters. The number of amides is 7. The summed E-state index contributed by atoms with van der Waals surface area (Å²) in [4.78, 5) is 142. The highest BCUT2D eigenvalue weighted by molar-refractivity contribution is 14.1. The van der Waals surface area contributed by atoms with Gasteiger partial charge in [0.2, 0.25) is 35.4 Å². The molecule has 7 amide bonds. The monoisotopic (exact) mass is 1330 g/mol. The van der Waals surface area contributed by atoms with Gasteiger partial charge in [-0.1, -0.05) is 55.0 Å². The number of carbonyl (C=O) groups is 10. The van der Waals surface area contributed by atoms with E-state index in [2.05, 4.69) is 31.9 Å². The Bertz CT molecular complexity index is 3120. The number of halogens is 1. The van der Waals surface area contributed by atoms with E-state index in [0.29, 0.717) is 33.2 Å². The smallest absolute Gasteiger partial charge is 0.317 e. The van der Waals surface area contributed by atoms with Crippen molar-refractivity contribution in [2.24, 2.45) is 5.73 Å². The highest BCUT2D eigenvalue weighted by Crippen LogP contribution is 2.23. The van der Waals surface area contributed by atoms with Gasteiger partial charge in [-0.05, 0) is 107 Å². The van der Waals surface area contributed by atoms with E-state index < -0.39 is 90.0 Å². The van der Waals surface area contributed by atoms with E-state index in [0.717, 1.165) is 10.8 Å². The van der Waals surface area contributed by atoms with Gasteiger partial charge >= 0.3 is 17.9 Å². The zero-order valence-corrected chi connectivity index (χ0v) is 51.2. The second kappa shape index (κ2) is 34.3. The Morgan fingerprint density at radius 2 is 1.17 bits per heavy atom. The number of benzene rings is 4. The van der Waals surface area contributed by atoms with Crippen LogP contribution >= 0.6 is 22.6 Å². The van der Waals surface area contributed by atoms with Crippen molar-refractivity contribution < 1.29 is 68.4 Å². The van der Waals surface area contributed by atoms with Crippen molar-refractivity contribution in [1.82, 2.24) is 51.1 Å². The number of phenols is 1. The average Bonchev–Trinajstić information content (AvgIpc) is 3.70. The average molecular weight is 1330 g/mol. The summed E-state index contributed by atoms with van der Waals surface area (Å²) in [5.41, 5.74) is 7.45. The molecule has 0 aromatic heterocycles. The minimum Gasteiger partial charge on any atom is -0.507 e.